The predicted molar refractivity (Wildman–Crippen MR) is 99.4 cm³/mol. The van der Waals surface area contributed by atoms with Crippen molar-refractivity contribution in [2.24, 2.45) is 17.8 Å². The molecule has 3 aromatic rings. The number of likely N-dealkylation sites (tertiary alicyclic amines) is 1. The van der Waals surface area contributed by atoms with Crippen LogP contribution in [0.5, 0.6) is 0 Å². The Morgan fingerprint density at radius 2 is 2.08 bits per heavy atom. The van der Waals surface area contributed by atoms with Crippen LogP contribution < -0.4 is 5.32 Å². The maximum absolute atomic E-state index is 12.5. The van der Waals surface area contributed by atoms with Crippen molar-refractivity contribution in [3.05, 3.63) is 42.7 Å². The van der Waals surface area contributed by atoms with Gasteiger partial charge in [0.15, 0.2) is 5.13 Å². The zero-order valence-electron chi connectivity index (χ0n) is 13.8. The number of benzene rings is 1. The number of amides is 1. The van der Waals surface area contributed by atoms with Gasteiger partial charge in [-0.3, -0.25) is 9.78 Å². The van der Waals surface area contributed by atoms with Crippen LogP contribution in [0, 0.1) is 17.8 Å². The van der Waals surface area contributed by atoms with Crippen molar-refractivity contribution in [3.8, 4) is 11.1 Å². The highest BCUT2D eigenvalue weighted by molar-refractivity contribution is 7.22. The van der Waals surface area contributed by atoms with E-state index in [0.29, 0.717) is 17.0 Å². The minimum absolute atomic E-state index is 0.134. The van der Waals surface area contributed by atoms with Gasteiger partial charge in [0.05, 0.1) is 10.2 Å². The first-order chi connectivity index (χ1) is 12.2. The molecule has 1 amide bonds. The number of hydrogen-bond donors (Lipinski definition) is 1. The van der Waals surface area contributed by atoms with Crippen molar-refractivity contribution in [2.75, 3.05) is 25.5 Å². The van der Waals surface area contributed by atoms with E-state index in [4.69, 9.17) is 0 Å². The lowest BCUT2D eigenvalue weighted by molar-refractivity contribution is -0.118. The standard InChI is InChI=1S/C19H18N4OS/c1-23-9-13-14(10-23)17(13)18(24)22-19-21-15-5-4-11(7-16(15)25-19)12-3-2-6-20-8-12/h2-8,13-14,17H,9-10H2,1H3,(H,21,22,24)/t13-,14+,17?. The van der Waals surface area contributed by atoms with E-state index in [-0.39, 0.29) is 11.8 Å². The molecule has 2 fully saturated rings. The summed E-state index contributed by atoms with van der Waals surface area (Å²) in [4.78, 5) is 23.5. The van der Waals surface area contributed by atoms with Crippen molar-refractivity contribution in [3.63, 3.8) is 0 Å². The highest BCUT2D eigenvalue weighted by Gasteiger charge is 2.58. The molecule has 2 aliphatic rings. The number of pyridine rings is 1. The van der Waals surface area contributed by atoms with E-state index in [1.165, 1.54) is 11.3 Å². The van der Waals surface area contributed by atoms with E-state index < -0.39 is 0 Å². The second kappa shape index (κ2) is 5.61. The highest BCUT2D eigenvalue weighted by Crippen LogP contribution is 2.51. The maximum atomic E-state index is 12.5. The molecule has 5 rings (SSSR count). The maximum Gasteiger partial charge on any atom is 0.229 e. The smallest absolute Gasteiger partial charge is 0.229 e. The average Bonchev–Trinajstić information content (AvgIpc) is 2.95. The number of hydrogen-bond acceptors (Lipinski definition) is 5. The fourth-order valence-electron chi connectivity index (χ4n) is 4.01. The Morgan fingerprint density at radius 3 is 2.84 bits per heavy atom. The van der Waals surface area contributed by atoms with Crippen molar-refractivity contribution in [1.82, 2.24) is 14.9 Å². The summed E-state index contributed by atoms with van der Waals surface area (Å²) in [6.45, 7) is 2.08. The van der Waals surface area contributed by atoms with Crippen LogP contribution in [-0.4, -0.2) is 40.9 Å². The van der Waals surface area contributed by atoms with E-state index in [9.17, 15) is 4.79 Å². The van der Waals surface area contributed by atoms with Crippen molar-refractivity contribution in [1.29, 1.82) is 0 Å². The molecule has 6 heteroatoms. The van der Waals surface area contributed by atoms with Gasteiger partial charge in [0.25, 0.3) is 0 Å². The number of rotatable bonds is 3. The fraction of sp³-hybridized carbons (Fsp3) is 0.316. The SMILES string of the molecule is CN1C[C@@H]2C(C(=O)Nc3nc4ccc(-c5cccnc5)cc4s3)[C@@H]2C1. The number of piperidine rings is 1. The Morgan fingerprint density at radius 1 is 1.24 bits per heavy atom. The summed E-state index contributed by atoms with van der Waals surface area (Å²) in [6, 6.07) is 10.1. The molecule has 1 N–H and O–H groups in total. The molecule has 0 bridgehead atoms. The first-order valence-corrected chi connectivity index (χ1v) is 9.31. The van der Waals surface area contributed by atoms with Gasteiger partial charge in [0.1, 0.15) is 0 Å². The van der Waals surface area contributed by atoms with Crippen LogP contribution in [-0.2, 0) is 4.79 Å². The summed E-state index contributed by atoms with van der Waals surface area (Å²) >= 11 is 1.53. The molecule has 126 valence electrons. The third-order valence-electron chi connectivity index (χ3n) is 5.29. The van der Waals surface area contributed by atoms with Gasteiger partial charge >= 0.3 is 0 Å². The van der Waals surface area contributed by atoms with E-state index in [0.717, 1.165) is 34.4 Å². The Hall–Kier alpha value is -2.31. The number of thiazole rings is 1. The number of carbonyl (C=O) groups excluding carboxylic acids is 1. The monoisotopic (exact) mass is 350 g/mol. The molecule has 1 saturated carbocycles. The first-order valence-electron chi connectivity index (χ1n) is 8.49. The molecule has 5 nitrogen and oxygen atoms in total. The number of anilines is 1. The van der Waals surface area contributed by atoms with Crippen LogP contribution in [0.25, 0.3) is 21.3 Å². The van der Waals surface area contributed by atoms with Gasteiger partial charge in [0, 0.05) is 37.0 Å². The van der Waals surface area contributed by atoms with Crippen molar-refractivity contribution >= 4 is 32.6 Å². The van der Waals surface area contributed by atoms with Gasteiger partial charge in [-0.25, -0.2) is 4.98 Å². The molecule has 0 radical (unpaired) electrons. The number of fused-ring (bicyclic) bond motifs is 2. The molecular formula is C19H18N4OS. The summed E-state index contributed by atoms with van der Waals surface area (Å²) in [5.74, 6) is 1.39. The largest absolute Gasteiger partial charge is 0.306 e. The Bertz CT molecular complexity index is 942. The molecule has 2 aromatic heterocycles. The topological polar surface area (TPSA) is 58.1 Å². The Balaban J connectivity index is 1.36. The summed E-state index contributed by atoms with van der Waals surface area (Å²) in [6.07, 6.45) is 3.63. The lowest BCUT2D eigenvalue weighted by atomic mass is 10.1. The zero-order valence-corrected chi connectivity index (χ0v) is 14.7. The van der Waals surface area contributed by atoms with Crippen molar-refractivity contribution in [2.45, 2.75) is 0 Å². The molecule has 3 heterocycles. The molecule has 1 saturated heterocycles. The van der Waals surface area contributed by atoms with Gasteiger partial charge in [-0.1, -0.05) is 23.5 Å². The van der Waals surface area contributed by atoms with Crippen molar-refractivity contribution < 1.29 is 4.79 Å². The lowest BCUT2D eigenvalue weighted by Gasteiger charge is -2.12. The van der Waals surface area contributed by atoms with Gasteiger partial charge in [0.2, 0.25) is 5.91 Å². The van der Waals surface area contributed by atoms with Gasteiger partial charge in [-0.2, -0.15) is 0 Å². The quantitative estimate of drug-likeness (QED) is 0.789. The van der Waals surface area contributed by atoms with Gasteiger partial charge < -0.3 is 10.2 Å². The summed E-state index contributed by atoms with van der Waals surface area (Å²) in [7, 11) is 2.12. The third-order valence-corrected chi connectivity index (χ3v) is 6.23. The molecule has 1 aromatic carbocycles. The summed E-state index contributed by atoms with van der Waals surface area (Å²) < 4.78 is 1.08. The lowest BCUT2D eigenvalue weighted by Crippen LogP contribution is -2.25. The zero-order chi connectivity index (χ0) is 17.0. The van der Waals surface area contributed by atoms with Crippen LogP contribution >= 0.6 is 11.3 Å². The second-order valence-electron chi connectivity index (χ2n) is 7.01. The third kappa shape index (κ3) is 2.62. The van der Waals surface area contributed by atoms with Crippen LogP contribution in [0.2, 0.25) is 0 Å². The minimum Gasteiger partial charge on any atom is -0.306 e. The highest BCUT2D eigenvalue weighted by atomic mass is 32.1. The Kier molecular flexibility index (Phi) is 3.36. The van der Waals surface area contributed by atoms with Crippen LogP contribution in [0.1, 0.15) is 0 Å². The molecule has 1 aliphatic heterocycles. The molecule has 1 aliphatic carbocycles. The molecule has 0 spiro atoms. The Labute approximate surface area is 149 Å². The number of nitrogens with zero attached hydrogens (tertiary/aromatic N) is 3. The molecule has 3 atom stereocenters. The normalized spacial score (nSPS) is 25.1. The number of nitrogens with one attached hydrogen (secondary N) is 1. The summed E-state index contributed by atoms with van der Waals surface area (Å²) in [5, 5.41) is 3.73. The number of aromatic nitrogens is 2. The van der Waals surface area contributed by atoms with E-state index in [1.807, 2.05) is 30.5 Å². The summed E-state index contributed by atoms with van der Waals surface area (Å²) in [5.41, 5.74) is 3.11. The van der Waals surface area contributed by atoms with Gasteiger partial charge in [-0.05, 0) is 42.6 Å². The van der Waals surface area contributed by atoms with Crippen LogP contribution in [0.15, 0.2) is 42.7 Å². The number of carbonyl (C=O) groups is 1. The second-order valence-corrected chi connectivity index (χ2v) is 8.04. The van der Waals surface area contributed by atoms with Gasteiger partial charge in [-0.15, -0.1) is 0 Å². The van der Waals surface area contributed by atoms with E-state index in [2.05, 4.69) is 33.3 Å². The van der Waals surface area contributed by atoms with E-state index >= 15 is 0 Å². The first kappa shape index (κ1) is 15.0. The van der Waals surface area contributed by atoms with Crippen LogP contribution in [0.4, 0.5) is 5.13 Å². The average molecular weight is 350 g/mol. The van der Waals surface area contributed by atoms with E-state index in [1.54, 1.807) is 6.20 Å². The fourth-order valence-corrected chi connectivity index (χ4v) is 4.91. The predicted octanol–water partition coefficient (Wildman–Crippen LogP) is 3.10. The minimum atomic E-state index is 0.134. The molecule has 25 heavy (non-hydrogen) atoms. The molecular weight excluding hydrogens is 332 g/mol. The molecule has 1 unspecified atom stereocenters. The van der Waals surface area contributed by atoms with Crippen LogP contribution in [0.3, 0.4) is 0 Å².